The molecule has 2 heterocycles. The Labute approximate surface area is 95.8 Å². The minimum atomic E-state index is -0.444. The lowest BCUT2D eigenvalue weighted by Crippen LogP contribution is -2.23. The van der Waals surface area contributed by atoms with Crippen LogP contribution in [0.5, 0.6) is 0 Å². The van der Waals surface area contributed by atoms with Crippen LogP contribution in [0, 0.1) is 5.82 Å². The standard InChI is InChI=1S/C11H8FN3O2/c12-8-3-1-7(2-4-8)9-10-11(16)17-6-5-15(10)14-13-9/h1-4H,5-6H2. The second-order valence-corrected chi connectivity index (χ2v) is 3.65. The summed E-state index contributed by atoms with van der Waals surface area (Å²) in [4.78, 5) is 11.6. The van der Waals surface area contributed by atoms with Gasteiger partial charge >= 0.3 is 5.97 Å². The van der Waals surface area contributed by atoms with Crippen LogP contribution in [0.3, 0.4) is 0 Å². The second-order valence-electron chi connectivity index (χ2n) is 3.65. The highest BCUT2D eigenvalue weighted by atomic mass is 19.1. The zero-order valence-corrected chi connectivity index (χ0v) is 8.76. The topological polar surface area (TPSA) is 57.0 Å². The monoisotopic (exact) mass is 233 g/mol. The first-order chi connectivity index (χ1) is 8.25. The minimum Gasteiger partial charge on any atom is -0.459 e. The van der Waals surface area contributed by atoms with Crippen LogP contribution in [0.25, 0.3) is 11.3 Å². The van der Waals surface area contributed by atoms with E-state index in [0.717, 1.165) is 0 Å². The van der Waals surface area contributed by atoms with Gasteiger partial charge in [0, 0.05) is 5.56 Å². The normalized spacial score (nSPS) is 14.3. The lowest BCUT2D eigenvalue weighted by Gasteiger charge is -2.13. The van der Waals surface area contributed by atoms with Crippen LogP contribution in [0.2, 0.25) is 0 Å². The number of hydrogen-bond acceptors (Lipinski definition) is 4. The zero-order valence-electron chi connectivity index (χ0n) is 8.76. The van der Waals surface area contributed by atoms with Gasteiger partial charge in [-0.05, 0) is 24.3 Å². The molecule has 0 aliphatic carbocycles. The highest BCUT2D eigenvalue weighted by Crippen LogP contribution is 2.23. The Morgan fingerprint density at radius 1 is 1.29 bits per heavy atom. The van der Waals surface area contributed by atoms with E-state index in [-0.39, 0.29) is 5.82 Å². The Kier molecular flexibility index (Phi) is 2.14. The van der Waals surface area contributed by atoms with Crippen molar-refractivity contribution in [1.82, 2.24) is 15.0 Å². The molecule has 0 saturated carbocycles. The highest BCUT2D eigenvalue weighted by molar-refractivity contribution is 5.94. The maximum absolute atomic E-state index is 12.8. The van der Waals surface area contributed by atoms with Gasteiger partial charge in [-0.3, -0.25) is 0 Å². The highest BCUT2D eigenvalue weighted by Gasteiger charge is 2.26. The van der Waals surface area contributed by atoms with E-state index in [4.69, 9.17) is 4.74 Å². The SMILES string of the molecule is O=C1OCCn2nnc(-c3ccc(F)cc3)c21. The minimum absolute atomic E-state index is 0.304. The van der Waals surface area contributed by atoms with Crippen molar-refractivity contribution in [2.24, 2.45) is 0 Å². The first-order valence-corrected chi connectivity index (χ1v) is 5.12. The molecule has 0 atom stereocenters. The molecule has 1 aromatic heterocycles. The summed E-state index contributed by atoms with van der Waals surface area (Å²) in [6.45, 7) is 0.799. The molecule has 86 valence electrons. The van der Waals surface area contributed by atoms with Crippen LogP contribution in [0.15, 0.2) is 24.3 Å². The van der Waals surface area contributed by atoms with E-state index in [1.54, 1.807) is 12.1 Å². The van der Waals surface area contributed by atoms with E-state index >= 15 is 0 Å². The lowest BCUT2D eigenvalue weighted by molar-refractivity contribution is 0.0412. The molecule has 6 heteroatoms. The lowest BCUT2D eigenvalue weighted by atomic mass is 10.1. The molecule has 1 aliphatic rings. The van der Waals surface area contributed by atoms with Crippen molar-refractivity contribution in [1.29, 1.82) is 0 Å². The molecule has 1 aliphatic heterocycles. The van der Waals surface area contributed by atoms with Gasteiger partial charge in [-0.25, -0.2) is 13.9 Å². The van der Waals surface area contributed by atoms with Crippen LogP contribution in [0.1, 0.15) is 10.5 Å². The van der Waals surface area contributed by atoms with Crippen molar-refractivity contribution in [2.75, 3.05) is 6.61 Å². The van der Waals surface area contributed by atoms with Gasteiger partial charge in [0.15, 0.2) is 5.69 Å². The van der Waals surface area contributed by atoms with E-state index < -0.39 is 5.97 Å². The molecule has 0 saturated heterocycles. The second kappa shape index (κ2) is 3.65. The van der Waals surface area contributed by atoms with Crippen LogP contribution < -0.4 is 0 Å². The predicted octanol–water partition coefficient (Wildman–Crippen LogP) is 1.25. The van der Waals surface area contributed by atoms with E-state index in [9.17, 15) is 9.18 Å². The fourth-order valence-electron chi connectivity index (χ4n) is 1.77. The average molecular weight is 233 g/mol. The van der Waals surface area contributed by atoms with Gasteiger partial charge in [0.1, 0.15) is 18.1 Å². The first-order valence-electron chi connectivity index (χ1n) is 5.12. The Bertz CT molecular complexity index is 577. The summed E-state index contributed by atoms with van der Waals surface area (Å²) >= 11 is 0. The molecule has 17 heavy (non-hydrogen) atoms. The van der Waals surface area contributed by atoms with E-state index in [1.807, 2.05) is 0 Å². The summed E-state index contributed by atoms with van der Waals surface area (Å²) < 4.78 is 19.3. The Hall–Kier alpha value is -2.24. The number of carbonyl (C=O) groups excluding carboxylic acids is 1. The van der Waals surface area contributed by atoms with E-state index in [2.05, 4.69) is 10.3 Å². The zero-order chi connectivity index (χ0) is 11.8. The molecule has 0 bridgehead atoms. The van der Waals surface area contributed by atoms with Gasteiger partial charge in [-0.15, -0.1) is 5.10 Å². The van der Waals surface area contributed by atoms with Gasteiger partial charge in [0.05, 0.1) is 6.54 Å². The summed E-state index contributed by atoms with van der Waals surface area (Å²) in [6.07, 6.45) is 0. The number of rotatable bonds is 1. The van der Waals surface area contributed by atoms with Crippen molar-refractivity contribution in [3.8, 4) is 11.3 Å². The number of ether oxygens (including phenoxy) is 1. The molecule has 0 spiro atoms. The third-order valence-corrected chi connectivity index (χ3v) is 2.58. The Morgan fingerprint density at radius 3 is 2.82 bits per heavy atom. The molecule has 0 amide bonds. The molecule has 0 radical (unpaired) electrons. The van der Waals surface area contributed by atoms with Crippen molar-refractivity contribution in [3.63, 3.8) is 0 Å². The summed E-state index contributed by atoms with van der Waals surface area (Å²) in [5.74, 6) is -0.780. The van der Waals surface area contributed by atoms with Gasteiger partial charge in [0.2, 0.25) is 0 Å². The third kappa shape index (κ3) is 1.57. The third-order valence-electron chi connectivity index (χ3n) is 2.58. The summed E-state index contributed by atoms with van der Waals surface area (Å²) in [5.41, 5.74) is 1.39. The number of carbonyl (C=O) groups is 1. The van der Waals surface area contributed by atoms with Crippen LogP contribution in [-0.4, -0.2) is 27.6 Å². The van der Waals surface area contributed by atoms with Crippen LogP contribution in [-0.2, 0) is 11.3 Å². The van der Waals surface area contributed by atoms with Crippen molar-refractivity contribution in [3.05, 3.63) is 35.8 Å². The van der Waals surface area contributed by atoms with E-state index in [0.29, 0.717) is 30.1 Å². The summed E-state index contributed by atoms with van der Waals surface area (Å²) in [5, 5.41) is 7.82. The fourth-order valence-corrected chi connectivity index (χ4v) is 1.77. The first kappa shape index (κ1) is 9.95. The molecule has 0 fully saturated rings. The molecule has 5 nitrogen and oxygen atoms in total. The number of esters is 1. The number of benzene rings is 1. The number of hydrogen-bond donors (Lipinski definition) is 0. The quantitative estimate of drug-likeness (QED) is 0.696. The summed E-state index contributed by atoms with van der Waals surface area (Å²) in [7, 11) is 0. The number of fused-ring (bicyclic) bond motifs is 1. The molecular formula is C11H8FN3O2. The van der Waals surface area contributed by atoms with Crippen LogP contribution >= 0.6 is 0 Å². The maximum atomic E-state index is 12.8. The van der Waals surface area contributed by atoms with Crippen molar-refractivity contribution >= 4 is 5.97 Å². The molecule has 3 rings (SSSR count). The largest absolute Gasteiger partial charge is 0.459 e. The van der Waals surface area contributed by atoms with Gasteiger partial charge in [-0.1, -0.05) is 5.21 Å². The van der Waals surface area contributed by atoms with Crippen molar-refractivity contribution in [2.45, 2.75) is 6.54 Å². The summed E-state index contributed by atoms with van der Waals surface area (Å²) in [6, 6.07) is 5.74. The van der Waals surface area contributed by atoms with Gasteiger partial charge in [0.25, 0.3) is 0 Å². The average Bonchev–Trinajstić information content (AvgIpc) is 2.75. The number of halogens is 1. The molecular weight excluding hydrogens is 225 g/mol. The Morgan fingerprint density at radius 2 is 2.06 bits per heavy atom. The smallest absolute Gasteiger partial charge is 0.359 e. The molecule has 0 unspecified atom stereocenters. The predicted molar refractivity (Wildman–Crippen MR) is 55.7 cm³/mol. The molecule has 0 N–H and O–H groups in total. The fraction of sp³-hybridized carbons (Fsp3) is 0.182. The molecule has 2 aromatic rings. The number of nitrogens with zero attached hydrogens (tertiary/aromatic N) is 3. The van der Waals surface area contributed by atoms with E-state index in [1.165, 1.54) is 16.8 Å². The molecule has 1 aromatic carbocycles. The Balaban J connectivity index is 2.12. The van der Waals surface area contributed by atoms with Gasteiger partial charge < -0.3 is 4.74 Å². The maximum Gasteiger partial charge on any atom is 0.359 e. The van der Waals surface area contributed by atoms with Crippen LogP contribution in [0.4, 0.5) is 4.39 Å². The van der Waals surface area contributed by atoms with Crippen molar-refractivity contribution < 1.29 is 13.9 Å². The number of aromatic nitrogens is 3. The van der Waals surface area contributed by atoms with Gasteiger partial charge in [-0.2, -0.15) is 0 Å². The number of cyclic esters (lactones) is 1.